The first-order valence-corrected chi connectivity index (χ1v) is 7.90. The van der Waals surface area contributed by atoms with E-state index in [0.29, 0.717) is 6.42 Å². The molecule has 2 N–H and O–H groups in total. The Morgan fingerprint density at radius 1 is 1.29 bits per heavy atom. The lowest BCUT2D eigenvalue weighted by Gasteiger charge is -2.17. The van der Waals surface area contributed by atoms with E-state index in [1.54, 1.807) is 0 Å². The Labute approximate surface area is 126 Å². The van der Waals surface area contributed by atoms with Gasteiger partial charge in [0.2, 0.25) is 5.91 Å². The summed E-state index contributed by atoms with van der Waals surface area (Å²) in [6, 6.07) is 0. The third-order valence-corrected chi connectivity index (χ3v) is 3.80. The Morgan fingerprint density at radius 3 is 2.62 bits per heavy atom. The molecule has 1 saturated heterocycles. The van der Waals surface area contributed by atoms with Gasteiger partial charge < -0.3 is 15.2 Å². The Bertz CT molecular complexity index is 367. The number of aliphatic hydroxyl groups is 1. The molecule has 1 amide bonds. The van der Waals surface area contributed by atoms with Crippen LogP contribution in [-0.4, -0.2) is 36.2 Å². The summed E-state index contributed by atoms with van der Waals surface area (Å²) in [7, 11) is 0. The summed E-state index contributed by atoms with van der Waals surface area (Å²) in [5.41, 5.74) is 0.224. The molecular weight excluding hydrogens is 270 g/mol. The Hall–Kier alpha value is -1.36. The predicted octanol–water partition coefficient (Wildman–Crippen LogP) is 1.94. The fraction of sp³-hybridized carbons (Fsp3) is 0.750. The van der Waals surface area contributed by atoms with Gasteiger partial charge in [-0.3, -0.25) is 4.79 Å². The summed E-state index contributed by atoms with van der Waals surface area (Å²) >= 11 is 0. The topological polar surface area (TPSA) is 75.6 Å². The molecule has 0 aromatic carbocycles. The van der Waals surface area contributed by atoms with Crippen LogP contribution >= 0.6 is 0 Å². The van der Waals surface area contributed by atoms with Crippen LogP contribution in [0.15, 0.2) is 12.2 Å². The van der Waals surface area contributed by atoms with Crippen LogP contribution in [0.1, 0.15) is 51.9 Å². The van der Waals surface area contributed by atoms with Gasteiger partial charge in [-0.1, -0.05) is 45.6 Å². The van der Waals surface area contributed by atoms with Gasteiger partial charge in [0, 0.05) is 12.1 Å². The van der Waals surface area contributed by atoms with Crippen molar-refractivity contribution in [3.8, 4) is 0 Å². The quantitative estimate of drug-likeness (QED) is 0.367. The molecule has 2 atom stereocenters. The first-order chi connectivity index (χ1) is 10.1. The molecule has 0 bridgehead atoms. The van der Waals surface area contributed by atoms with Gasteiger partial charge >= 0.3 is 5.97 Å². The molecule has 5 heteroatoms. The van der Waals surface area contributed by atoms with Crippen LogP contribution in [0, 0.1) is 5.92 Å². The Morgan fingerprint density at radius 2 is 1.95 bits per heavy atom. The Kier molecular flexibility index (Phi) is 8.05. The molecule has 0 unspecified atom stereocenters. The molecule has 1 aliphatic rings. The van der Waals surface area contributed by atoms with Crippen molar-refractivity contribution in [1.29, 1.82) is 0 Å². The van der Waals surface area contributed by atoms with Crippen molar-refractivity contribution in [2.45, 2.75) is 58.0 Å². The zero-order valence-electron chi connectivity index (χ0n) is 12.9. The van der Waals surface area contributed by atoms with Crippen molar-refractivity contribution in [3.63, 3.8) is 0 Å². The van der Waals surface area contributed by atoms with Crippen LogP contribution in [0.2, 0.25) is 0 Å². The highest BCUT2D eigenvalue weighted by Crippen LogP contribution is 2.30. The van der Waals surface area contributed by atoms with Crippen LogP contribution in [0.4, 0.5) is 0 Å². The Balaban J connectivity index is 2.41. The van der Waals surface area contributed by atoms with E-state index in [1.807, 2.05) is 0 Å². The molecule has 0 aromatic rings. The summed E-state index contributed by atoms with van der Waals surface area (Å²) in [5, 5.41) is 11.3. The molecule has 1 fully saturated rings. The van der Waals surface area contributed by atoms with Crippen molar-refractivity contribution in [2.24, 2.45) is 5.92 Å². The smallest absolute Gasteiger partial charge is 0.334 e. The third kappa shape index (κ3) is 5.50. The number of nitrogens with one attached hydrogen (secondary N) is 1. The minimum atomic E-state index is -0.611. The fourth-order valence-corrected chi connectivity index (χ4v) is 2.60. The molecular formula is C16H27NO4. The first kappa shape index (κ1) is 17.7. The summed E-state index contributed by atoms with van der Waals surface area (Å²) in [5.74, 6) is -1.37. The van der Waals surface area contributed by atoms with E-state index < -0.39 is 18.0 Å². The number of rotatable bonds is 10. The molecule has 1 aliphatic heterocycles. The first-order valence-electron chi connectivity index (χ1n) is 7.90. The highest BCUT2D eigenvalue weighted by Gasteiger charge is 2.42. The normalized spacial score (nSPS) is 21.4. The minimum Gasteiger partial charge on any atom is -0.458 e. The number of hydrogen-bond acceptors (Lipinski definition) is 4. The highest BCUT2D eigenvalue weighted by atomic mass is 16.6. The summed E-state index contributed by atoms with van der Waals surface area (Å²) < 4.78 is 5.25. The largest absolute Gasteiger partial charge is 0.458 e. The lowest BCUT2D eigenvalue weighted by molar-refractivity contribution is -0.140. The number of aliphatic hydroxyl groups excluding tert-OH is 1. The number of carbonyl (C=O) groups is 2. The summed E-state index contributed by atoms with van der Waals surface area (Å²) in [6.07, 6.45) is 7.19. The number of esters is 1. The van der Waals surface area contributed by atoms with Gasteiger partial charge in [0.15, 0.2) is 0 Å². The van der Waals surface area contributed by atoms with Gasteiger partial charge in [-0.15, -0.1) is 0 Å². The average Bonchev–Trinajstić information content (AvgIpc) is 2.75. The van der Waals surface area contributed by atoms with Crippen LogP contribution in [0.25, 0.3) is 0 Å². The van der Waals surface area contributed by atoms with Crippen molar-refractivity contribution in [3.05, 3.63) is 12.2 Å². The maximum absolute atomic E-state index is 12.0. The number of ether oxygens (including phenoxy) is 1. The molecule has 0 spiro atoms. The third-order valence-electron chi connectivity index (χ3n) is 3.80. The van der Waals surface area contributed by atoms with Crippen LogP contribution < -0.4 is 5.32 Å². The van der Waals surface area contributed by atoms with E-state index >= 15 is 0 Å². The SMILES string of the molecule is C=C1C(=O)O[C@@H](CCCCCCCC)[C@@H]1C(=O)NCCO. The van der Waals surface area contributed by atoms with Crippen molar-refractivity contribution >= 4 is 11.9 Å². The second kappa shape index (κ2) is 9.55. The molecule has 0 aliphatic carbocycles. The predicted molar refractivity (Wildman–Crippen MR) is 80.6 cm³/mol. The van der Waals surface area contributed by atoms with Gasteiger partial charge in [0.05, 0.1) is 6.61 Å². The summed E-state index contributed by atoms with van der Waals surface area (Å²) in [4.78, 5) is 23.6. The van der Waals surface area contributed by atoms with Crippen molar-refractivity contribution in [1.82, 2.24) is 5.32 Å². The second-order valence-electron chi connectivity index (χ2n) is 5.52. The lowest BCUT2D eigenvalue weighted by atomic mass is 9.92. The van der Waals surface area contributed by atoms with E-state index in [-0.39, 0.29) is 24.6 Å². The van der Waals surface area contributed by atoms with E-state index in [2.05, 4.69) is 18.8 Å². The molecule has 0 aromatic heterocycles. The number of cyclic esters (lactones) is 1. The van der Waals surface area contributed by atoms with Gasteiger partial charge in [-0.25, -0.2) is 4.79 Å². The second-order valence-corrected chi connectivity index (χ2v) is 5.52. The standard InChI is InChI=1S/C16H27NO4/c1-3-4-5-6-7-8-9-13-14(12(2)16(20)21-13)15(19)17-10-11-18/h13-14,18H,2-11H2,1H3,(H,17,19)/t13-,14+/m0/s1. The molecule has 0 radical (unpaired) electrons. The minimum absolute atomic E-state index is 0.123. The number of unbranched alkanes of at least 4 members (excludes halogenated alkanes) is 5. The fourth-order valence-electron chi connectivity index (χ4n) is 2.60. The van der Waals surface area contributed by atoms with Gasteiger partial charge in [0.1, 0.15) is 12.0 Å². The van der Waals surface area contributed by atoms with E-state index in [0.717, 1.165) is 12.8 Å². The maximum Gasteiger partial charge on any atom is 0.334 e. The maximum atomic E-state index is 12.0. The van der Waals surface area contributed by atoms with E-state index in [1.165, 1.54) is 25.7 Å². The summed E-state index contributed by atoms with van der Waals surface area (Å²) in [6.45, 7) is 5.90. The van der Waals surface area contributed by atoms with E-state index in [4.69, 9.17) is 9.84 Å². The molecule has 120 valence electrons. The zero-order valence-corrected chi connectivity index (χ0v) is 12.9. The number of hydrogen-bond donors (Lipinski definition) is 2. The molecule has 1 heterocycles. The zero-order chi connectivity index (χ0) is 15.7. The number of amides is 1. The van der Waals surface area contributed by atoms with Crippen LogP contribution in [0.5, 0.6) is 0 Å². The van der Waals surface area contributed by atoms with Gasteiger partial charge in [-0.05, 0) is 12.8 Å². The van der Waals surface area contributed by atoms with Crippen LogP contribution in [-0.2, 0) is 14.3 Å². The van der Waals surface area contributed by atoms with Crippen molar-refractivity contribution in [2.75, 3.05) is 13.2 Å². The highest BCUT2D eigenvalue weighted by molar-refractivity contribution is 5.99. The molecule has 0 saturated carbocycles. The van der Waals surface area contributed by atoms with E-state index in [9.17, 15) is 9.59 Å². The lowest BCUT2D eigenvalue weighted by Crippen LogP contribution is -2.37. The monoisotopic (exact) mass is 297 g/mol. The average molecular weight is 297 g/mol. The molecule has 5 nitrogen and oxygen atoms in total. The van der Waals surface area contributed by atoms with Gasteiger partial charge in [0.25, 0.3) is 0 Å². The van der Waals surface area contributed by atoms with Gasteiger partial charge in [-0.2, -0.15) is 0 Å². The van der Waals surface area contributed by atoms with Crippen LogP contribution in [0.3, 0.4) is 0 Å². The van der Waals surface area contributed by atoms with Crippen molar-refractivity contribution < 1.29 is 19.4 Å². The number of carbonyl (C=O) groups excluding carboxylic acids is 2. The molecule has 1 rings (SSSR count). The molecule has 21 heavy (non-hydrogen) atoms.